The van der Waals surface area contributed by atoms with Gasteiger partial charge in [-0.3, -0.25) is 14.5 Å². The first-order chi connectivity index (χ1) is 12.6. The number of likely N-dealkylation sites (tertiary alicyclic amines) is 1. The molecule has 0 bridgehead atoms. The second-order valence-electron chi connectivity index (χ2n) is 6.63. The van der Waals surface area contributed by atoms with Crippen LogP contribution in [0.25, 0.3) is 10.9 Å². The fourth-order valence-electron chi connectivity index (χ4n) is 3.72. The molecule has 1 saturated heterocycles. The first-order valence-electron chi connectivity index (χ1n) is 9.40. The van der Waals surface area contributed by atoms with Gasteiger partial charge in [-0.2, -0.15) is 0 Å². The van der Waals surface area contributed by atoms with Crippen LogP contribution in [0.3, 0.4) is 0 Å². The Hall–Kier alpha value is -1.79. The summed E-state index contributed by atoms with van der Waals surface area (Å²) in [6.07, 6.45) is 2.37. The molecule has 2 aromatic rings. The summed E-state index contributed by atoms with van der Waals surface area (Å²) >= 11 is 1.44. The van der Waals surface area contributed by atoms with Gasteiger partial charge >= 0.3 is 0 Å². The summed E-state index contributed by atoms with van der Waals surface area (Å²) in [4.78, 5) is 27.9. The number of aromatic nitrogens is 1. The van der Waals surface area contributed by atoms with Gasteiger partial charge in [-0.25, -0.2) is 0 Å². The number of aryl methyl sites for hydroxylation is 1. The first kappa shape index (κ1) is 19.0. The second-order valence-corrected chi connectivity index (χ2v) is 7.64. The molecule has 1 amide bonds. The molecule has 0 saturated carbocycles. The van der Waals surface area contributed by atoms with Crippen LogP contribution in [0, 0.1) is 0 Å². The van der Waals surface area contributed by atoms with Crippen LogP contribution < -0.4 is 10.9 Å². The van der Waals surface area contributed by atoms with Gasteiger partial charge in [-0.1, -0.05) is 25.1 Å². The fraction of sp³-hybridized carbons (Fsp3) is 0.500. The highest BCUT2D eigenvalue weighted by Crippen LogP contribution is 2.26. The molecule has 0 aliphatic carbocycles. The lowest BCUT2D eigenvalue weighted by Gasteiger charge is -2.22. The minimum absolute atomic E-state index is 0.0151. The van der Waals surface area contributed by atoms with Crippen molar-refractivity contribution in [1.29, 1.82) is 0 Å². The Morgan fingerprint density at radius 2 is 2.08 bits per heavy atom. The maximum atomic E-state index is 12.3. The monoisotopic (exact) mass is 373 g/mol. The number of pyridine rings is 1. The van der Waals surface area contributed by atoms with Crippen LogP contribution in [0.5, 0.6) is 0 Å². The van der Waals surface area contributed by atoms with E-state index in [1.807, 2.05) is 31.2 Å². The lowest BCUT2D eigenvalue weighted by Crippen LogP contribution is -2.40. The van der Waals surface area contributed by atoms with Gasteiger partial charge in [0.15, 0.2) is 0 Å². The molecule has 0 spiro atoms. The van der Waals surface area contributed by atoms with E-state index in [9.17, 15) is 9.59 Å². The lowest BCUT2D eigenvalue weighted by molar-refractivity contribution is -0.118. The van der Waals surface area contributed by atoms with E-state index in [4.69, 9.17) is 0 Å². The number of hydrogen-bond acceptors (Lipinski definition) is 4. The number of thioether (sulfide) groups is 1. The molecular weight excluding hydrogens is 346 g/mol. The van der Waals surface area contributed by atoms with Gasteiger partial charge in [0.2, 0.25) is 5.91 Å². The minimum atomic E-state index is -0.0151. The van der Waals surface area contributed by atoms with Crippen molar-refractivity contribution in [3.8, 4) is 0 Å². The van der Waals surface area contributed by atoms with E-state index in [0.717, 1.165) is 35.3 Å². The van der Waals surface area contributed by atoms with Crippen LogP contribution in [0.2, 0.25) is 0 Å². The molecule has 26 heavy (non-hydrogen) atoms. The van der Waals surface area contributed by atoms with Gasteiger partial charge in [0, 0.05) is 35.5 Å². The average Bonchev–Trinajstić information content (AvgIpc) is 3.12. The number of likely N-dealkylation sites (N-methyl/N-ethyl adjacent to an activating group) is 1. The Bertz CT molecular complexity index is 833. The highest BCUT2D eigenvalue weighted by molar-refractivity contribution is 8.00. The van der Waals surface area contributed by atoms with Gasteiger partial charge in [0.25, 0.3) is 5.56 Å². The normalized spacial score (nSPS) is 17.7. The van der Waals surface area contributed by atoms with Gasteiger partial charge < -0.3 is 9.88 Å². The van der Waals surface area contributed by atoms with Crippen LogP contribution in [0.15, 0.2) is 40.0 Å². The van der Waals surface area contributed by atoms with E-state index in [-0.39, 0.29) is 11.5 Å². The van der Waals surface area contributed by atoms with Crippen LogP contribution in [-0.2, 0) is 11.3 Å². The molecule has 0 unspecified atom stereocenters. The number of fused-ring (bicyclic) bond motifs is 1. The first-order valence-corrected chi connectivity index (χ1v) is 10.4. The SMILES string of the molecule is CCN1CCC[C@@H]1CNC(=O)CSc1cc(=O)n(CC)c2ccccc12. The van der Waals surface area contributed by atoms with Crippen LogP contribution >= 0.6 is 11.8 Å². The molecule has 3 rings (SSSR count). The zero-order chi connectivity index (χ0) is 18.5. The van der Waals surface area contributed by atoms with Crippen molar-refractivity contribution in [2.45, 2.75) is 44.2 Å². The Morgan fingerprint density at radius 1 is 1.27 bits per heavy atom. The Balaban J connectivity index is 1.64. The van der Waals surface area contributed by atoms with Crippen LogP contribution in [0.4, 0.5) is 0 Å². The third kappa shape index (κ3) is 4.13. The standard InChI is InChI=1S/C20H27N3O2S/c1-3-22-11-7-8-15(22)13-21-19(24)14-26-18-12-20(25)23(4-2)17-10-6-5-9-16(17)18/h5-6,9-10,12,15H,3-4,7-8,11,13-14H2,1-2H3,(H,21,24)/t15-/m1/s1. The predicted molar refractivity (Wildman–Crippen MR) is 108 cm³/mol. The molecule has 0 radical (unpaired) electrons. The molecule has 1 aliphatic heterocycles. The topological polar surface area (TPSA) is 54.3 Å². The zero-order valence-corrected chi connectivity index (χ0v) is 16.3. The van der Waals surface area contributed by atoms with Crippen LogP contribution in [-0.4, -0.2) is 46.8 Å². The number of benzene rings is 1. The molecule has 140 valence electrons. The molecule has 2 heterocycles. The summed E-state index contributed by atoms with van der Waals surface area (Å²) in [5, 5.41) is 4.09. The number of nitrogens with one attached hydrogen (secondary N) is 1. The molecule has 6 heteroatoms. The molecule has 5 nitrogen and oxygen atoms in total. The molecule has 1 fully saturated rings. The molecule has 1 aliphatic rings. The number of nitrogens with zero attached hydrogens (tertiary/aromatic N) is 2. The Labute approximate surface area is 158 Å². The summed E-state index contributed by atoms with van der Waals surface area (Å²) in [5.74, 6) is 0.361. The van der Waals surface area contributed by atoms with Crippen molar-refractivity contribution in [3.63, 3.8) is 0 Å². The van der Waals surface area contributed by atoms with E-state index in [0.29, 0.717) is 24.9 Å². The maximum Gasteiger partial charge on any atom is 0.252 e. The van der Waals surface area contributed by atoms with E-state index in [1.54, 1.807) is 10.6 Å². The number of carbonyl (C=O) groups excluding carboxylic acids is 1. The summed E-state index contributed by atoms with van der Waals surface area (Å²) < 4.78 is 1.76. The van der Waals surface area contributed by atoms with Gasteiger partial charge in [0.1, 0.15) is 0 Å². The van der Waals surface area contributed by atoms with Crippen molar-refractivity contribution in [2.75, 3.05) is 25.4 Å². The molecular formula is C20H27N3O2S. The number of para-hydroxylation sites is 1. The summed E-state index contributed by atoms with van der Waals surface area (Å²) in [7, 11) is 0. The summed E-state index contributed by atoms with van der Waals surface area (Å²) in [6.45, 7) is 7.66. The Kier molecular flexibility index (Phi) is 6.38. The summed E-state index contributed by atoms with van der Waals surface area (Å²) in [5.41, 5.74) is 0.911. The van der Waals surface area contributed by atoms with Crippen molar-refractivity contribution in [2.24, 2.45) is 0 Å². The average molecular weight is 374 g/mol. The number of hydrogen-bond donors (Lipinski definition) is 1. The van der Waals surface area contributed by atoms with Crippen LogP contribution in [0.1, 0.15) is 26.7 Å². The summed E-state index contributed by atoms with van der Waals surface area (Å²) in [6, 6.07) is 10.00. The van der Waals surface area contributed by atoms with E-state index < -0.39 is 0 Å². The van der Waals surface area contributed by atoms with Crippen molar-refractivity contribution < 1.29 is 4.79 Å². The second kappa shape index (κ2) is 8.73. The molecule has 1 atom stereocenters. The van der Waals surface area contributed by atoms with Gasteiger partial charge in [0.05, 0.1) is 11.3 Å². The number of rotatable bonds is 7. The highest BCUT2D eigenvalue weighted by atomic mass is 32.2. The van der Waals surface area contributed by atoms with Crippen molar-refractivity contribution in [3.05, 3.63) is 40.7 Å². The smallest absolute Gasteiger partial charge is 0.252 e. The highest BCUT2D eigenvalue weighted by Gasteiger charge is 2.23. The molecule has 1 aromatic carbocycles. The van der Waals surface area contributed by atoms with Crippen molar-refractivity contribution in [1.82, 2.24) is 14.8 Å². The third-order valence-electron chi connectivity index (χ3n) is 5.10. The maximum absolute atomic E-state index is 12.3. The van der Waals surface area contributed by atoms with E-state index in [1.165, 1.54) is 18.2 Å². The zero-order valence-electron chi connectivity index (χ0n) is 15.5. The number of carbonyl (C=O) groups is 1. The van der Waals surface area contributed by atoms with E-state index in [2.05, 4.69) is 17.1 Å². The van der Waals surface area contributed by atoms with E-state index >= 15 is 0 Å². The lowest BCUT2D eigenvalue weighted by atomic mass is 10.2. The number of amides is 1. The Morgan fingerprint density at radius 3 is 2.85 bits per heavy atom. The quantitative estimate of drug-likeness (QED) is 0.758. The third-order valence-corrected chi connectivity index (χ3v) is 6.15. The predicted octanol–water partition coefficient (Wildman–Crippen LogP) is 2.71. The molecule has 1 N–H and O–H groups in total. The minimum Gasteiger partial charge on any atom is -0.354 e. The van der Waals surface area contributed by atoms with Crippen molar-refractivity contribution >= 4 is 28.6 Å². The fourth-order valence-corrected chi connectivity index (χ4v) is 4.62. The molecule has 1 aromatic heterocycles. The largest absolute Gasteiger partial charge is 0.354 e. The van der Waals surface area contributed by atoms with Gasteiger partial charge in [-0.15, -0.1) is 11.8 Å². The van der Waals surface area contributed by atoms with Gasteiger partial charge in [-0.05, 0) is 38.9 Å².